The number of esters is 1. The Morgan fingerprint density at radius 3 is 2.46 bits per heavy atom. The summed E-state index contributed by atoms with van der Waals surface area (Å²) in [5.74, 6) is 0.119. The van der Waals surface area contributed by atoms with Gasteiger partial charge in [-0.2, -0.15) is 0 Å². The molecule has 0 aliphatic carbocycles. The second kappa shape index (κ2) is 12.6. The lowest BCUT2D eigenvalue weighted by atomic mass is 10.1. The molecule has 0 saturated carbocycles. The Hall–Kier alpha value is -4.15. The number of ether oxygens (including phenoxy) is 2. The number of nitrogens with zero attached hydrogens (tertiary/aromatic N) is 3. The number of anilines is 1. The number of carbonyl (C=O) groups is 2. The maximum Gasteiger partial charge on any atom is 0.303 e. The highest BCUT2D eigenvalue weighted by molar-refractivity contribution is 6.42. The molecule has 0 aliphatic rings. The van der Waals surface area contributed by atoms with Crippen molar-refractivity contribution in [1.29, 1.82) is 0 Å². The van der Waals surface area contributed by atoms with Gasteiger partial charge in [0.1, 0.15) is 22.8 Å². The number of halogens is 2. The Kier molecular flexibility index (Phi) is 9.00. The molecule has 4 aromatic rings. The quantitative estimate of drug-likeness (QED) is 0.274. The normalized spacial score (nSPS) is 10.8. The van der Waals surface area contributed by atoms with E-state index in [1.165, 1.54) is 11.5 Å². The van der Waals surface area contributed by atoms with Gasteiger partial charge >= 0.3 is 5.97 Å². The van der Waals surface area contributed by atoms with Crippen LogP contribution in [0.2, 0.25) is 10.0 Å². The number of fused-ring (bicyclic) bond motifs is 1. The van der Waals surface area contributed by atoms with Crippen molar-refractivity contribution in [2.75, 3.05) is 25.6 Å². The molecule has 39 heavy (non-hydrogen) atoms. The van der Waals surface area contributed by atoms with Gasteiger partial charge in [-0.25, -0.2) is 9.97 Å². The van der Waals surface area contributed by atoms with Crippen molar-refractivity contribution in [3.63, 3.8) is 0 Å². The first-order chi connectivity index (χ1) is 18.7. The summed E-state index contributed by atoms with van der Waals surface area (Å²) in [7, 11) is 1.56. The second-order valence-electron chi connectivity index (χ2n) is 8.42. The highest BCUT2D eigenvalue weighted by atomic mass is 35.5. The molecule has 0 fully saturated rings. The Labute approximate surface area is 233 Å². The molecule has 0 unspecified atom stereocenters. The average Bonchev–Trinajstić information content (AvgIpc) is 2.93. The summed E-state index contributed by atoms with van der Waals surface area (Å²) in [5.41, 5.74) is 2.19. The summed E-state index contributed by atoms with van der Waals surface area (Å²) in [4.78, 5) is 45.8. The number of benzene rings is 2. The molecule has 202 valence electrons. The van der Waals surface area contributed by atoms with Crippen LogP contribution in [0.25, 0.3) is 22.4 Å². The Balaban J connectivity index is 1.65. The minimum Gasteiger partial charge on any atom is -0.497 e. The van der Waals surface area contributed by atoms with Crippen LogP contribution in [0.3, 0.4) is 0 Å². The first-order valence-corrected chi connectivity index (χ1v) is 12.6. The van der Waals surface area contributed by atoms with Crippen LogP contribution in [-0.4, -0.2) is 46.7 Å². The largest absolute Gasteiger partial charge is 0.497 e. The van der Waals surface area contributed by atoms with E-state index < -0.39 is 18.5 Å². The first kappa shape index (κ1) is 27.9. The summed E-state index contributed by atoms with van der Waals surface area (Å²) >= 11 is 12.1. The predicted octanol–water partition coefficient (Wildman–Crippen LogP) is 4.07. The van der Waals surface area contributed by atoms with Crippen LogP contribution in [0.5, 0.6) is 5.75 Å². The minimum absolute atomic E-state index is 0.101. The smallest absolute Gasteiger partial charge is 0.303 e. The van der Waals surface area contributed by atoms with E-state index in [1.54, 1.807) is 55.6 Å². The van der Waals surface area contributed by atoms with E-state index in [1.807, 2.05) is 6.07 Å². The zero-order valence-corrected chi connectivity index (χ0v) is 22.7. The maximum absolute atomic E-state index is 13.6. The molecule has 2 aromatic carbocycles. The number of amides is 1. The molecule has 0 aliphatic heterocycles. The molecular weight excluding hydrogens is 545 g/mol. The monoisotopic (exact) mass is 569 g/mol. The molecule has 0 radical (unpaired) electrons. The Morgan fingerprint density at radius 2 is 1.77 bits per heavy atom. The minimum atomic E-state index is -0.560. The van der Waals surface area contributed by atoms with E-state index >= 15 is 0 Å². The molecule has 0 spiro atoms. The molecule has 2 aromatic heterocycles. The van der Waals surface area contributed by atoms with Gasteiger partial charge in [-0.1, -0.05) is 29.3 Å². The van der Waals surface area contributed by atoms with Crippen molar-refractivity contribution in [3.8, 4) is 17.0 Å². The first-order valence-electron chi connectivity index (χ1n) is 11.9. The van der Waals surface area contributed by atoms with Crippen molar-refractivity contribution in [2.24, 2.45) is 0 Å². The number of pyridine rings is 1. The zero-order valence-electron chi connectivity index (χ0n) is 21.2. The van der Waals surface area contributed by atoms with Crippen LogP contribution in [0.1, 0.15) is 12.5 Å². The van der Waals surface area contributed by atoms with Crippen LogP contribution in [-0.2, 0) is 27.4 Å². The van der Waals surface area contributed by atoms with Crippen LogP contribution in [0.15, 0.2) is 59.4 Å². The van der Waals surface area contributed by atoms with E-state index in [2.05, 4.69) is 20.6 Å². The molecule has 2 N–H and O–H groups in total. The van der Waals surface area contributed by atoms with E-state index in [9.17, 15) is 14.4 Å². The van der Waals surface area contributed by atoms with Gasteiger partial charge in [-0.05, 0) is 54.1 Å². The summed E-state index contributed by atoms with van der Waals surface area (Å²) in [6.45, 7) is 1.44. The average molecular weight is 570 g/mol. The van der Waals surface area contributed by atoms with Crippen LogP contribution in [0.4, 0.5) is 5.82 Å². The fourth-order valence-electron chi connectivity index (χ4n) is 3.73. The number of rotatable bonds is 10. The number of aromatic nitrogens is 3. The number of methoxy groups -OCH3 is 1. The molecule has 4 rings (SSSR count). The van der Waals surface area contributed by atoms with Crippen LogP contribution < -0.4 is 20.9 Å². The summed E-state index contributed by atoms with van der Waals surface area (Å²) < 4.78 is 11.4. The Morgan fingerprint density at radius 1 is 1.00 bits per heavy atom. The van der Waals surface area contributed by atoms with Gasteiger partial charge in [-0.3, -0.25) is 19.0 Å². The molecule has 12 heteroatoms. The maximum atomic E-state index is 13.6. The van der Waals surface area contributed by atoms with Gasteiger partial charge in [0.25, 0.3) is 11.5 Å². The number of hydrogen-bond acceptors (Lipinski definition) is 8. The SMILES string of the molecule is COc1ccc(-c2nc3ccc(NCc4ccc(Cl)c(Cl)c4)nc3n(CCNC(=O)COC(C)=O)c2=O)cc1. The van der Waals surface area contributed by atoms with Crippen molar-refractivity contribution in [3.05, 3.63) is 80.6 Å². The van der Waals surface area contributed by atoms with Gasteiger partial charge in [0.2, 0.25) is 0 Å². The molecule has 0 bridgehead atoms. The summed E-state index contributed by atoms with van der Waals surface area (Å²) in [5, 5.41) is 6.77. The van der Waals surface area contributed by atoms with Gasteiger partial charge in [0, 0.05) is 32.1 Å². The highest BCUT2D eigenvalue weighted by Crippen LogP contribution is 2.24. The van der Waals surface area contributed by atoms with Crippen LogP contribution >= 0.6 is 23.2 Å². The molecule has 1 amide bonds. The van der Waals surface area contributed by atoms with Crippen molar-refractivity contribution < 1.29 is 19.1 Å². The lowest BCUT2D eigenvalue weighted by Gasteiger charge is -2.14. The predicted molar refractivity (Wildman–Crippen MR) is 149 cm³/mol. The third kappa shape index (κ3) is 7.04. The van der Waals surface area contributed by atoms with Crippen molar-refractivity contribution >= 4 is 52.1 Å². The fourth-order valence-corrected chi connectivity index (χ4v) is 4.05. The summed E-state index contributed by atoms with van der Waals surface area (Å²) in [6.07, 6.45) is 0. The van der Waals surface area contributed by atoms with Crippen molar-refractivity contribution in [2.45, 2.75) is 20.0 Å². The third-order valence-corrected chi connectivity index (χ3v) is 6.41. The second-order valence-corrected chi connectivity index (χ2v) is 9.23. The topological polar surface area (TPSA) is 124 Å². The molecule has 2 heterocycles. The number of hydrogen-bond donors (Lipinski definition) is 2. The highest BCUT2D eigenvalue weighted by Gasteiger charge is 2.15. The standard InChI is InChI=1S/C27H25Cl2N5O5/c1-16(35)39-15-24(36)30-11-12-34-26-22(32-25(27(34)37)18-4-6-19(38-2)7-5-18)9-10-23(33-26)31-14-17-3-8-20(28)21(29)13-17/h3-10,13H,11-12,14-15H2,1-2H3,(H,30,36)(H,31,33). The molecule has 0 atom stereocenters. The van der Waals surface area contributed by atoms with E-state index in [0.717, 1.165) is 5.56 Å². The molecule has 0 saturated heterocycles. The van der Waals surface area contributed by atoms with Gasteiger partial charge in [0.15, 0.2) is 12.3 Å². The zero-order chi connectivity index (χ0) is 27.9. The number of nitrogens with one attached hydrogen (secondary N) is 2. The molecule has 10 nitrogen and oxygen atoms in total. The van der Waals surface area contributed by atoms with E-state index in [-0.39, 0.29) is 24.3 Å². The Bertz CT molecular complexity index is 1570. The summed E-state index contributed by atoms with van der Waals surface area (Å²) in [6, 6.07) is 15.8. The van der Waals surface area contributed by atoms with Gasteiger partial charge in [0.05, 0.1) is 17.2 Å². The van der Waals surface area contributed by atoms with Crippen LogP contribution in [0, 0.1) is 0 Å². The van der Waals surface area contributed by atoms with Gasteiger partial charge in [-0.15, -0.1) is 0 Å². The van der Waals surface area contributed by atoms with Crippen molar-refractivity contribution in [1.82, 2.24) is 19.9 Å². The molecular formula is C27H25Cl2N5O5. The lowest BCUT2D eigenvalue weighted by molar-refractivity contribution is -0.146. The van der Waals surface area contributed by atoms with Gasteiger partial charge < -0.3 is 20.1 Å². The van der Waals surface area contributed by atoms with E-state index in [4.69, 9.17) is 32.7 Å². The van der Waals surface area contributed by atoms with E-state index in [0.29, 0.717) is 44.9 Å². The fraction of sp³-hybridized carbons (Fsp3) is 0.222. The third-order valence-electron chi connectivity index (χ3n) is 5.68. The number of carbonyl (C=O) groups excluding carboxylic acids is 2. The lowest BCUT2D eigenvalue weighted by Crippen LogP contribution is -2.34.